The SMILES string of the molecule is NC(CCCCB(O)O)(C(=O)O)C1CCN(Cc2ccc(F)c3ccccc23)CC1. The van der Waals surface area contributed by atoms with Gasteiger partial charge in [-0.3, -0.25) is 9.69 Å². The number of rotatable bonds is 9. The van der Waals surface area contributed by atoms with Crippen molar-refractivity contribution in [2.75, 3.05) is 13.1 Å². The number of piperidine rings is 1. The summed E-state index contributed by atoms with van der Waals surface area (Å²) in [6, 6.07) is 10.8. The molecule has 30 heavy (non-hydrogen) atoms. The molecule has 1 aliphatic rings. The molecule has 2 aromatic carbocycles. The number of likely N-dealkylation sites (tertiary alicyclic amines) is 1. The molecule has 1 fully saturated rings. The second-order valence-electron chi connectivity index (χ2n) is 8.37. The van der Waals surface area contributed by atoms with Crippen LogP contribution in [0.1, 0.15) is 37.7 Å². The summed E-state index contributed by atoms with van der Waals surface area (Å²) in [7, 11) is -1.37. The van der Waals surface area contributed by atoms with Crippen molar-refractivity contribution in [2.45, 2.75) is 50.5 Å². The molecule has 1 saturated heterocycles. The Morgan fingerprint density at radius 3 is 2.43 bits per heavy atom. The minimum absolute atomic E-state index is 0.129. The standard InChI is InChI=1S/C22H30BFN2O4/c24-20-8-7-16(18-5-1-2-6-19(18)20)15-26-13-9-17(10-14-26)22(25,21(27)28)11-3-4-12-23(29)30/h1-2,5-8,17,29-30H,3-4,9-15,25H2,(H,27,28). The van der Waals surface area contributed by atoms with Crippen LogP contribution in [0.25, 0.3) is 10.8 Å². The predicted molar refractivity (Wildman–Crippen MR) is 115 cm³/mol. The van der Waals surface area contributed by atoms with Crippen molar-refractivity contribution < 1.29 is 24.3 Å². The topological polar surface area (TPSA) is 107 Å². The number of aliphatic carboxylic acids is 1. The van der Waals surface area contributed by atoms with Crippen LogP contribution in [-0.4, -0.2) is 51.8 Å². The smallest absolute Gasteiger partial charge is 0.451 e. The molecule has 0 radical (unpaired) electrons. The number of carboxylic acids is 1. The summed E-state index contributed by atoms with van der Waals surface area (Å²) in [6.45, 7) is 2.16. The highest BCUT2D eigenvalue weighted by Crippen LogP contribution is 2.32. The van der Waals surface area contributed by atoms with E-state index in [1.54, 1.807) is 6.07 Å². The summed E-state index contributed by atoms with van der Waals surface area (Å²) >= 11 is 0. The van der Waals surface area contributed by atoms with Crippen LogP contribution in [0, 0.1) is 11.7 Å². The maximum absolute atomic E-state index is 14.1. The van der Waals surface area contributed by atoms with E-state index in [9.17, 15) is 14.3 Å². The van der Waals surface area contributed by atoms with E-state index in [0.717, 1.165) is 24.0 Å². The Labute approximate surface area is 176 Å². The number of hydrogen-bond acceptors (Lipinski definition) is 5. The van der Waals surface area contributed by atoms with Crippen molar-refractivity contribution in [1.29, 1.82) is 0 Å². The van der Waals surface area contributed by atoms with Gasteiger partial charge in [0.25, 0.3) is 0 Å². The fourth-order valence-corrected chi connectivity index (χ4v) is 4.54. The third-order valence-electron chi connectivity index (χ3n) is 6.37. The van der Waals surface area contributed by atoms with Crippen molar-refractivity contribution in [3.63, 3.8) is 0 Å². The molecule has 0 aromatic heterocycles. The van der Waals surface area contributed by atoms with Gasteiger partial charge in [0, 0.05) is 11.9 Å². The number of fused-ring (bicyclic) bond motifs is 1. The van der Waals surface area contributed by atoms with Gasteiger partial charge in [-0.15, -0.1) is 0 Å². The monoisotopic (exact) mass is 416 g/mol. The normalized spacial score (nSPS) is 17.7. The van der Waals surface area contributed by atoms with Gasteiger partial charge in [0.1, 0.15) is 11.4 Å². The molecule has 1 heterocycles. The summed E-state index contributed by atoms with van der Waals surface area (Å²) in [5.74, 6) is -1.35. The Kier molecular flexibility index (Phi) is 7.47. The lowest BCUT2D eigenvalue weighted by Gasteiger charge is -2.40. The molecule has 1 atom stereocenters. The van der Waals surface area contributed by atoms with Crippen LogP contribution >= 0.6 is 0 Å². The number of benzene rings is 2. The van der Waals surface area contributed by atoms with E-state index >= 15 is 0 Å². The maximum atomic E-state index is 14.1. The lowest BCUT2D eigenvalue weighted by Crippen LogP contribution is -2.56. The summed E-state index contributed by atoms with van der Waals surface area (Å²) in [4.78, 5) is 14.2. The predicted octanol–water partition coefficient (Wildman–Crippen LogP) is 2.62. The van der Waals surface area contributed by atoms with Crippen LogP contribution in [0.15, 0.2) is 36.4 Å². The quantitative estimate of drug-likeness (QED) is 0.370. The summed E-state index contributed by atoms with van der Waals surface area (Å²) in [5.41, 5.74) is 6.10. The molecule has 2 aromatic rings. The van der Waals surface area contributed by atoms with Crippen LogP contribution in [0.4, 0.5) is 4.39 Å². The zero-order valence-electron chi connectivity index (χ0n) is 17.1. The Morgan fingerprint density at radius 1 is 1.13 bits per heavy atom. The van der Waals surface area contributed by atoms with Crippen LogP contribution in [0.2, 0.25) is 6.32 Å². The summed E-state index contributed by atoms with van der Waals surface area (Å²) in [5, 5.41) is 29.2. The second-order valence-corrected chi connectivity index (χ2v) is 8.37. The molecular weight excluding hydrogens is 386 g/mol. The van der Waals surface area contributed by atoms with E-state index in [4.69, 9.17) is 15.8 Å². The highest BCUT2D eigenvalue weighted by molar-refractivity contribution is 6.40. The molecule has 0 aliphatic carbocycles. The third kappa shape index (κ3) is 5.18. The average molecular weight is 416 g/mol. The zero-order chi connectivity index (χ0) is 21.7. The average Bonchev–Trinajstić information content (AvgIpc) is 2.73. The molecule has 1 aliphatic heterocycles. The molecule has 5 N–H and O–H groups in total. The van der Waals surface area contributed by atoms with E-state index in [-0.39, 0.29) is 18.1 Å². The van der Waals surface area contributed by atoms with Crippen molar-refractivity contribution >= 4 is 23.9 Å². The van der Waals surface area contributed by atoms with Gasteiger partial charge in [0.05, 0.1) is 0 Å². The number of nitrogens with two attached hydrogens (primary N) is 1. The van der Waals surface area contributed by atoms with Crippen molar-refractivity contribution in [1.82, 2.24) is 4.90 Å². The summed E-state index contributed by atoms with van der Waals surface area (Å²) in [6.07, 6.45) is 2.99. The van der Waals surface area contributed by atoms with E-state index < -0.39 is 18.6 Å². The van der Waals surface area contributed by atoms with Gasteiger partial charge in [-0.25, -0.2) is 4.39 Å². The molecule has 6 nitrogen and oxygen atoms in total. The molecule has 0 saturated carbocycles. The Bertz CT molecular complexity index is 873. The van der Waals surface area contributed by atoms with E-state index in [1.165, 1.54) is 6.07 Å². The molecule has 0 spiro atoms. The molecule has 0 amide bonds. The first-order valence-corrected chi connectivity index (χ1v) is 10.6. The van der Waals surface area contributed by atoms with E-state index in [2.05, 4.69) is 4.90 Å². The van der Waals surface area contributed by atoms with Crippen molar-refractivity contribution in [3.8, 4) is 0 Å². The number of nitrogens with zero attached hydrogens (tertiary/aromatic N) is 1. The zero-order valence-corrected chi connectivity index (χ0v) is 17.1. The third-order valence-corrected chi connectivity index (χ3v) is 6.37. The highest BCUT2D eigenvalue weighted by atomic mass is 19.1. The van der Waals surface area contributed by atoms with Crippen LogP contribution < -0.4 is 5.73 Å². The molecule has 3 rings (SSSR count). The number of hydrogen-bond donors (Lipinski definition) is 4. The minimum Gasteiger partial charge on any atom is -0.480 e. The first-order valence-electron chi connectivity index (χ1n) is 10.6. The lowest BCUT2D eigenvalue weighted by molar-refractivity contribution is -0.147. The van der Waals surface area contributed by atoms with E-state index in [0.29, 0.717) is 44.0 Å². The van der Waals surface area contributed by atoms with Crippen LogP contribution in [0.5, 0.6) is 0 Å². The van der Waals surface area contributed by atoms with Crippen LogP contribution in [0.3, 0.4) is 0 Å². The largest absolute Gasteiger partial charge is 0.480 e. The van der Waals surface area contributed by atoms with Gasteiger partial charge in [-0.1, -0.05) is 43.2 Å². The summed E-state index contributed by atoms with van der Waals surface area (Å²) < 4.78 is 14.1. The molecule has 1 unspecified atom stereocenters. The number of carboxylic acid groups (broad SMARTS) is 1. The molecule has 8 heteroatoms. The van der Waals surface area contributed by atoms with Gasteiger partial charge in [0.2, 0.25) is 0 Å². The van der Waals surface area contributed by atoms with Gasteiger partial charge >= 0.3 is 13.1 Å². The number of unbranched alkanes of at least 4 members (excludes halogenated alkanes) is 1. The first-order chi connectivity index (χ1) is 14.3. The lowest BCUT2D eigenvalue weighted by atomic mass is 9.74. The van der Waals surface area contributed by atoms with Gasteiger partial charge < -0.3 is 20.9 Å². The number of carbonyl (C=O) groups is 1. The molecule has 162 valence electrons. The Hall–Kier alpha value is -2.00. The van der Waals surface area contributed by atoms with Gasteiger partial charge in [-0.05, 0) is 61.6 Å². The Balaban J connectivity index is 1.61. The minimum atomic E-state index is -1.37. The first kappa shape index (κ1) is 22.7. The Morgan fingerprint density at radius 2 is 1.80 bits per heavy atom. The fourth-order valence-electron chi connectivity index (χ4n) is 4.54. The highest BCUT2D eigenvalue weighted by Gasteiger charge is 2.42. The van der Waals surface area contributed by atoms with Crippen LogP contribution in [-0.2, 0) is 11.3 Å². The van der Waals surface area contributed by atoms with Crippen molar-refractivity contribution in [2.24, 2.45) is 11.7 Å². The fraction of sp³-hybridized carbons (Fsp3) is 0.500. The number of halogens is 1. The second kappa shape index (κ2) is 9.87. The molecular formula is C22H30BFN2O4. The van der Waals surface area contributed by atoms with E-state index in [1.807, 2.05) is 24.3 Å². The maximum Gasteiger partial charge on any atom is 0.451 e. The van der Waals surface area contributed by atoms with Gasteiger partial charge in [-0.2, -0.15) is 0 Å². The van der Waals surface area contributed by atoms with Gasteiger partial charge in [0.15, 0.2) is 0 Å². The van der Waals surface area contributed by atoms with Crippen molar-refractivity contribution in [3.05, 3.63) is 47.8 Å². The molecule has 0 bridgehead atoms.